The third kappa shape index (κ3) is 5.62. The Morgan fingerprint density at radius 3 is 2.03 bits per heavy atom. The van der Waals surface area contributed by atoms with E-state index in [1.165, 1.54) is 12.1 Å². The van der Waals surface area contributed by atoms with Crippen molar-refractivity contribution in [2.75, 3.05) is 53.8 Å². The Kier molecular flexibility index (Phi) is 6.06. The molecular weight excluding hydrogens is 412 g/mol. The number of rotatable bonds is 6. The molecule has 0 bridgehead atoms. The zero-order valence-corrected chi connectivity index (χ0v) is 18.3. The van der Waals surface area contributed by atoms with Gasteiger partial charge in [-0.15, -0.1) is 0 Å². The van der Waals surface area contributed by atoms with Crippen LogP contribution in [-0.4, -0.2) is 61.2 Å². The molecule has 2 N–H and O–H groups in total. The fourth-order valence-electron chi connectivity index (χ4n) is 3.09. The number of nitrogens with one attached hydrogen (secondary N) is 2. The molecule has 1 heterocycles. The van der Waals surface area contributed by atoms with E-state index in [-0.39, 0.29) is 16.3 Å². The highest BCUT2D eigenvalue weighted by Gasteiger charge is 2.20. The topological polar surface area (TPSA) is 98.8 Å². The van der Waals surface area contributed by atoms with E-state index in [2.05, 4.69) is 26.3 Å². The van der Waals surface area contributed by atoms with E-state index in [9.17, 15) is 16.8 Å². The summed E-state index contributed by atoms with van der Waals surface area (Å²) >= 11 is 0. The van der Waals surface area contributed by atoms with E-state index in [0.29, 0.717) is 0 Å². The zero-order chi connectivity index (χ0) is 21.2. The highest BCUT2D eigenvalue weighted by atomic mass is 32.2. The Hall–Kier alpha value is -2.30. The summed E-state index contributed by atoms with van der Waals surface area (Å²) in [6.45, 7) is 5.29. The molecule has 0 amide bonds. The van der Waals surface area contributed by atoms with E-state index in [0.717, 1.165) is 43.7 Å². The minimum atomic E-state index is -3.86. The molecule has 0 saturated carbocycles. The van der Waals surface area contributed by atoms with Gasteiger partial charge in [0.15, 0.2) is 0 Å². The van der Waals surface area contributed by atoms with Crippen LogP contribution in [0.3, 0.4) is 0 Å². The van der Waals surface area contributed by atoms with E-state index < -0.39 is 20.0 Å². The van der Waals surface area contributed by atoms with E-state index in [1.807, 2.05) is 6.92 Å². The maximum absolute atomic E-state index is 12.7. The van der Waals surface area contributed by atoms with Gasteiger partial charge in [0.25, 0.3) is 10.0 Å². The summed E-state index contributed by atoms with van der Waals surface area (Å²) in [7, 11) is -5.40. The largest absolute Gasteiger partial charge is 0.369 e. The van der Waals surface area contributed by atoms with Crippen LogP contribution >= 0.6 is 0 Å². The molecule has 158 valence electrons. The minimum Gasteiger partial charge on any atom is -0.369 e. The number of nitrogens with zero attached hydrogens (tertiary/aromatic N) is 2. The van der Waals surface area contributed by atoms with Crippen LogP contribution in [0.4, 0.5) is 17.1 Å². The Labute approximate surface area is 172 Å². The number of sulfonamides is 2. The van der Waals surface area contributed by atoms with Gasteiger partial charge in [0.2, 0.25) is 10.0 Å². The van der Waals surface area contributed by atoms with Crippen molar-refractivity contribution in [2.45, 2.75) is 11.8 Å². The van der Waals surface area contributed by atoms with Gasteiger partial charge in [0.05, 0.1) is 22.5 Å². The Balaban J connectivity index is 1.93. The average Bonchev–Trinajstić information content (AvgIpc) is 2.63. The van der Waals surface area contributed by atoms with E-state index in [4.69, 9.17) is 0 Å². The molecular formula is C19H26N4O4S2. The molecule has 2 aromatic rings. The summed E-state index contributed by atoms with van der Waals surface area (Å²) in [5.74, 6) is 0. The van der Waals surface area contributed by atoms with Crippen LogP contribution in [0, 0.1) is 6.92 Å². The van der Waals surface area contributed by atoms with Crippen molar-refractivity contribution in [2.24, 2.45) is 0 Å². The van der Waals surface area contributed by atoms with Crippen molar-refractivity contribution in [3.63, 3.8) is 0 Å². The Bertz CT molecular complexity index is 1080. The molecule has 1 saturated heterocycles. The monoisotopic (exact) mass is 438 g/mol. The van der Waals surface area contributed by atoms with Gasteiger partial charge in [-0.25, -0.2) is 16.8 Å². The van der Waals surface area contributed by atoms with Crippen molar-refractivity contribution in [3.8, 4) is 0 Å². The van der Waals surface area contributed by atoms with Crippen LogP contribution in [0.2, 0.25) is 0 Å². The number of piperazine rings is 1. The van der Waals surface area contributed by atoms with Crippen LogP contribution in [0.25, 0.3) is 0 Å². The number of aryl methyl sites for hydroxylation is 1. The summed E-state index contributed by atoms with van der Waals surface area (Å²) in [5, 5.41) is 0. The van der Waals surface area contributed by atoms with Gasteiger partial charge in [-0.05, 0) is 44.3 Å². The van der Waals surface area contributed by atoms with E-state index in [1.54, 1.807) is 30.3 Å². The zero-order valence-electron chi connectivity index (χ0n) is 16.7. The lowest BCUT2D eigenvalue weighted by Gasteiger charge is -2.34. The van der Waals surface area contributed by atoms with Gasteiger partial charge in [0, 0.05) is 31.9 Å². The molecule has 3 rings (SSSR count). The molecule has 2 aromatic carbocycles. The molecule has 0 aliphatic carbocycles. The van der Waals surface area contributed by atoms with Gasteiger partial charge in [-0.2, -0.15) is 0 Å². The van der Waals surface area contributed by atoms with Crippen LogP contribution in [0.15, 0.2) is 47.4 Å². The number of likely N-dealkylation sites (N-methyl/N-ethyl adjacent to an activating group) is 1. The average molecular weight is 439 g/mol. The normalized spacial score (nSPS) is 15.9. The van der Waals surface area contributed by atoms with Gasteiger partial charge < -0.3 is 9.80 Å². The van der Waals surface area contributed by atoms with Crippen molar-refractivity contribution in [1.29, 1.82) is 0 Å². The van der Waals surface area contributed by atoms with Gasteiger partial charge >= 0.3 is 0 Å². The fourth-order valence-corrected chi connectivity index (χ4v) is 4.74. The predicted octanol–water partition coefficient (Wildman–Crippen LogP) is 1.92. The molecule has 1 aliphatic rings. The van der Waals surface area contributed by atoms with Crippen LogP contribution in [0.1, 0.15) is 5.56 Å². The Morgan fingerprint density at radius 1 is 0.828 bits per heavy atom. The molecule has 10 heteroatoms. The second-order valence-corrected chi connectivity index (χ2v) is 10.7. The second-order valence-electron chi connectivity index (χ2n) is 7.31. The Morgan fingerprint density at radius 2 is 1.45 bits per heavy atom. The quantitative estimate of drug-likeness (QED) is 0.715. The summed E-state index contributed by atoms with van der Waals surface area (Å²) in [6.07, 6.45) is 1.04. The summed E-state index contributed by atoms with van der Waals surface area (Å²) in [4.78, 5) is 4.47. The van der Waals surface area contributed by atoms with Gasteiger partial charge in [-0.1, -0.05) is 17.7 Å². The SMILES string of the molecule is Cc1ccc(S(=O)(=O)Nc2ccc(N3CCN(C)CC3)cc2NS(C)(=O)=O)cc1. The van der Waals surface area contributed by atoms with Crippen LogP contribution in [0.5, 0.6) is 0 Å². The smallest absolute Gasteiger partial charge is 0.261 e. The first-order valence-electron chi connectivity index (χ1n) is 9.18. The number of benzene rings is 2. The number of hydrogen-bond acceptors (Lipinski definition) is 6. The van der Waals surface area contributed by atoms with Crippen LogP contribution < -0.4 is 14.3 Å². The van der Waals surface area contributed by atoms with Crippen molar-refractivity contribution in [3.05, 3.63) is 48.0 Å². The fraction of sp³-hybridized carbons (Fsp3) is 0.368. The van der Waals surface area contributed by atoms with Crippen molar-refractivity contribution >= 4 is 37.1 Å². The molecule has 0 unspecified atom stereocenters. The summed E-state index contributed by atoms with van der Waals surface area (Å²) in [5.41, 5.74) is 2.15. The van der Waals surface area contributed by atoms with Gasteiger partial charge in [0.1, 0.15) is 0 Å². The molecule has 1 aliphatic heterocycles. The molecule has 0 spiro atoms. The lowest BCUT2D eigenvalue weighted by Crippen LogP contribution is -2.44. The molecule has 1 fully saturated rings. The standard InChI is InChI=1S/C19H26N4O4S2/c1-15-4-7-17(8-5-15)29(26,27)21-18-9-6-16(14-19(18)20-28(3,24)25)23-12-10-22(2)11-13-23/h4-9,14,20-21H,10-13H2,1-3H3. The minimum absolute atomic E-state index is 0.108. The lowest BCUT2D eigenvalue weighted by atomic mass is 10.2. The molecule has 0 atom stereocenters. The van der Waals surface area contributed by atoms with E-state index >= 15 is 0 Å². The molecule has 29 heavy (non-hydrogen) atoms. The van der Waals surface area contributed by atoms with Gasteiger partial charge in [-0.3, -0.25) is 9.44 Å². The lowest BCUT2D eigenvalue weighted by molar-refractivity contribution is 0.313. The summed E-state index contributed by atoms with van der Waals surface area (Å²) in [6, 6.07) is 11.5. The molecule has 8 nitrogen and oxygen atoms in total. The second kappa shape index (κ2) is 8.21. The predicted molar refractivity (Wildman–Crippen MR) is 117 cm³/mol. The third-order valence-electron chi connectivity index (χ3n) is 4.74. The first-order chi connectivity index (χ1) is 13.5. The maximum atomic E-state index is 12.7. The molecule has 0 aromatic heterocycles. The van der Waals surface area contributed by atoms with Crippen molar-refractivity contribution < 1.29 is 16.8 Å². The number of anilines is 3. The highest BCUT2D eigenvalue weighted by molar-refractivity contribution is 7.93. The highest BCUT2D eigenvalue weighted by Crippen LogP contribution is 2.31. The number of hydrogen-bond donors (Lipinski definition) is 2. The maximum Gasteiger partial charge on any atom is 0.261 e. The van der Waals surface area contributed by atoms with Crippen molar-refractivity contribution in [1.82, 2.24) is 4.90 Å². The third-order valence-corrected chi connectivity index (χ3v) is 6.71. The first kappa shape index (κ1) is 21.4. The summed E-state index contributed by atoms with van der Waals surface area (Å²) < 4.78 is 54.1. The van der Waals surface area contributed by atoms with Crippen LogP contribution in [-0.2, 0) is 20.0 Å². The first-order valence-corrected chi connectivity index (χ1v) is 12.6. The molecule has 0 radical (unpaired) electrons.